The van der Waals surface area contributed by atoms with Crippen LogP contribution in [0, 0.1) is 0 Å². The normalized spacial score (nSPS) is 11.5. The monoisotopic (exact) mass is 420 g/mol. The largest absolute Gasteiger partial charge is 0.382 e. The summed E-state index contributed by atoms with van der Waals surface area (Å²) in [6.07, 6.45) is 1.16. The number of nitrogens with two attached hydrogens (primary N) is 1. The molecule has 25 heavy (non-hydrogen) atoms. The first kappa shape index (κ1) is 20.0. The molecule has 11 heteroatoms. The number of sulfone groups is 1. The lowest BCUT2D eigenvalue weighted by atomic mass is 10.5. The number of amides is 1. The molecule has 1 amide bonds. The molecule has 0 aromatic carbocycles. The summed E-state index contributed by atoms with van der Waals surface area (Å²) in [5.41, 5.74) is 5.80. The Bertz CT molecular complexity index is 866. The summed E-state index contributed by atoms with van der Waals surface area (Å²) in [6.45, 7) is 5.05. The van der Waals surface area contributed by atoms with E-state index < -0.39 is 9.84 Å². The van der Waals surface area contributed by atoms with Crippen LogP contribution in [-0.4, -0.2) is 48.0 Å². The molecule has 0 fully saturated rings. The molecule has 0 saturated heterocycles. The van der Waals surface area contributed by atoms with E-state index in [-0.39, 0.29) is 31.7 Å². The Morgan fingerprint density at radius 1 is 1.36 bits per heavy atom. The number of nitrogen functional groups attached to an aromatic ring is 1. The molecule has 136 valence electrons. The highest BCUT2D eigenvalue weighted by molar-refractivity contribution is 7.99. The highest BCUT2D eigenvalue weighted by atomic mass is 35.5. The predicted molar refractivity (Wildman–Crippen MR) is 99.9 cm³/mol. The molecule has 0 aliphatic carbocycles. The van der Waals surface area contributed by atoms with Gasteiger partial charge in [-0.3, -0.25) is 4.79 Å². The number of thiophene rings is 1. The predicted octanol–water partition coefficient (Wildman–Crippen LogP) is 2.57. The van der Waals surface area contributed by atoms with Crippen LogP contribution in [0.2, 0.25) is 4.34 Å². The Kier molecular flexibility index (Phi) is 6.66. The van der Waals surface area contributed by atoms with Crippen LogP contribution in [0.1, 0.15) is 13.8 Å². The third-order valence-electron chi connectivity index (χ3n) is 3.30. The standard InChI is InChI=1S/C14H17ClN4O3S3/c1-3-19(4-2)11(20)8-23-14-17-7-9(13(16)18-14)25(21,22)12-6-5-10(15)24-12/h5-7H,3-4,8H2,1-2H3,(H2,16,17,18). The van der Waals surface area contributed by atoms with E-state index in [0.717, 1.165) is 29.3 Å². The zero-order valence-corrected chi connectivity index (χ0v) is 16.8. The quantitative estimate of drug-likeness (QED) is 0.541. The molecule has 2 heterocycles. The number of aromatic nitrogens is 2. The molecule has 0 aliphatic heterocycles. The van der Waals surface area contributed by atoms with Gasteiger partial charge >= 0.3 is 0 Å². The Morgan fingerprint density at radius 2 is 2.04 bits per heavy atom. The molecular weight excluding hydrogens is 404 g/mol. The van der Waals surface area contributed by atoms with Gasteiger partial charge in [-0.2, -0.15) is 0 Å². The second kappa shape index (κ2) is 8.35. The van der Waals surface area contributed by atoms with Crippen molar-refractivity contribution in [2.45, 2.75) is 28.1 Å². The first-order chi connectivity index (χ1) is 11.8. The van der Waals surface area contributed by atoms with Crippen molar-refractivity contribution in [2.24, 2.45) is 0 Å². The van der Waals surface area contributed by atoms with Crippen LogP contribution in [-0.2, 0) is 14.6 Å². The average molecular weight is 421 g/mol. The van der Waals surface area contributed by atoms with Crippen molar-refractivity contribution in [3.8, 4) is 0 Å². The van der Waals surface area contributed by atoms with Crippen molar-refractivity contribution < 1.29 is 13.2 Å². The third-order valence-corrected chi connectivity index (χ3v) is 7.64. The van der Waals surface area contributed by atoms with Gasteiger partial charge in [-0.25, -0.2) is 18.4 Å². The minimum absolute atomic E-state index is 0.0397. The van der Waals surface area contributed by atoms with E-state index in [1.165, 1.54) is 12.1 Å². The zero-order chi connectivity index (χ0) is 18.6. The maximum absolute atomic E-state index is 12.5. The van der Waals surface area contributed by atoms with Crippen LogP contribution in [0.4, 0.5) is 5.82 Å². The number of hydrogen-bond acceptors (Lipinski definition) is 8. The van der Waals surface area contributed by atoms with E-state index in [1.54, 1.807) is 4.90 Å². The highest BCUT2D eigenvalue weighted by Gasteiger charge is 2.24. The molecule has 0 unspecified atom stereocenters. The van der Waals surface area contributed by atoms with Gasteiger partial charge in [-0.15, -0.1) is 11.3 Å². The van der Waals surface area contributed by atoms with Gasteiger partial charge < -0.3 is 10.6 Å². The van der Waals surface area contributed by atoms with Gasteiger partial charge in [0.2, 0.25) is 15.7 Å². The van der Waals surface area contributed by atoms with Crippen LogP contribution < -0.4 is 5.73 Å². The smallest absolute Gasteiger partial charge is 0.233 e. The topological polar surface area (TPSA) is 106 Å². The molecule has 0 aliphatic rings. The lowest BCUT2D eigenvalue weighted by molar-refractivity contribution is -0.127. The van der Waals surface area contributed by atoms with Crippen LogP contribution in [0.5, 0.6) is 0 Å². The molecule has 7 nitrogen and oxygen atoms in total. The molecule has 0 saturated carbocycles. The summed E-state index contributed by atoms with van der Waals surface area (Å²) < 4.78 is 25.5. The average Bonchev–Trinajstić information content (AvgIpc) is 3.01. The number of carbonyl (C=O) groups is 1. The fourth-order valence-electron chi connectivity index (χ4n) is 1.99. The van der Waals surface area contributed by atoms with Gasteiger partial charge in [0.15, 0.2) is 5.16 Å². The van der Waals surface area contributed by atoms with Crippen molar-refractivity contribution >= 4 is 56.3 Å². The van der Waals surface area contributed by atoms with Crippen molar-refractivity contribution in [2.75, 3.05) is 24.6 Å². The molecular formula is C14H17ClN4O3S3. The summed E-state index contributed by atoms with van der Waals surface area (Å²) in [7, 11) is -3.82. The van der Waals surface area contributed by atoms with Gasteiger partial charge in [0.1, 0.15) is 14.9 Å². The van der Waals surface area contributed by atoms with Gasteiger partial charge in [0.05, 0.1) is 16.3 Å². The van der Waals surface area contributed by atoms with E-state index in [0.29, 0.717) is 17.4 Å². The van der Waals surface area contributed by atoms with Crippen LogP contribution >= 0.6 is 34.7 Å². The molecule has 0 spiro atoms. The fraction of sp³-hybridized carbons (Fsp3) is 0.357. The van der Waals surface area contributed by atoms with Crippen molar-refractivity contribution in [3.05, 3.63) is 22.7 Å². The number of hydrogen-bond donors (Lipinski definition) is 1. The van der Waals surface area contributed by atoms with Gasteiger partial charge in [-0.1, -0.05) is 23.4 Å². The van der Waals surface area contributed by atoms with Crippen LogP contribution in [0.15, 0.2) is 32.6 Å². The Morgan fingerprint density at radius 3 is 2.56 bits per heavy atom. The second-order valence-electron chi connectivity index (χ2n) is 4.82. The first-order valence-electron chi connectivity index (χ1n) is 7.33. The number of anilines is 1. The highest BCUT2D eigenvalue weighted by Crippen LogP contribution is 2.32. The summed E-state index contributed by atoms with van der Waals surface area (Å²) in [4.78, 5) is 21.5. The maximum Gasteiger partial charge on any atom is 0.233 e. The molecule has 2 aromatic heterocycles. The number of nitrogens with zero attached hydrogens (tertiary/aromatic N) is 3. The minimum atomic E-state index is -3.82. The first-order valence-corrected chi connectivity index (χ1v) is 11.0. The van der Waals surface area contributed by atoms with Gasteiger partial charge in [-0.05, 0) is 26.0 Å². The second-order valence-corrected chi connectivity index (χ2v) is 9.62. The van der Waals surface area contributed by atoms with E-state index >= 15 is 0 Å². The molecule has 0 bridgehead atoms. The summed E-state index contributed by atoms with van der Waals surface area (Å²) in [6, 6.07) is 2.91. The fourth-order valence-corrected chi connectivity index (χ4v) is 5.58. The number of carbonyl (C=O) groups excluding carboxylic acids is 1. The van der Waals surface area contributed by atoms with Crippen molar-refractivity contribution in [1.29, 1.82) is 0 Å². The molecule has 0 radical (unpaired) electrons. The molecule has 2 rings (SSSR count). The minimum Gasteiger partial charge on any atom is -0.382 e. The number of halogens is 1. The third kappa shape index (κ3) is 4.63. The van der Waals surface area contributed by atoms with Crippen molar-refractivity contribution in [3.63, 3.8) is 0 Å². The van der Waals surface area contributed by atoms with Gasteiger partial charge in [0.25, 0.3) is 0 Å². The Labute approximate surface area is 159 Å². The lowest BCUT2D eigenvalue weighted by Crippen LogP contribution is -2.31. The van der Waals surface area contributed by atoms with Crippen LogP contribution in [0.3, 0.4) is 0 Å². The van der Waals surface area contributed by atoms with E-state index in [9.17, 15) is 13.2 Å². The zero-order valence-electron chi connectivity index (χ0n) is 13.6. The molecule has 0 atom stereocenters. The lowest BCUT2D eigenvalue weighted by Gasteiger charge is -2.17. The number of thioether (sulfide) groups is 1. The van der Waals surface area contributed by atoms with E-state index in [2.05, 4.69) is 9.97 Å². The molecule has 2 aromatic rings. The SMILES string of the molecule is CCN(CC)C(=O)CSc1ncc(S(=O)(=O)c2ccc(Cl)s2)c(N)n1. The molecule has 2 N–H and O–H groups in total. The Hall–Kier alpha value is -1.36. The van der Waals surface area contributed by atoms with E-state index in [4.69, 9.17) is 17.3 Å². The Balaban J connectivity index is 2.17. The number of rotatable bonds is 7. The summed E-state index contributed by atoms with van der Waals surface area (Å²) >= 11 is 7.84. The maximum atomic E-state index is 12.5. The summed E-state index contributed by atoms with van der Waals surface area (Å²) in [5, 5.41) is 0.251. The van der Waals surface area contributed by atoms with E-state index in [1.807, 2.05) is 13.8 Å². The van der Waals surface area contributed by atoms with Crippen LogP contribution in [0.25, 0.3) is 0 Å². The van der Waals surface area contributed by atoms with Crippen molar-refractivity contribution in [1.82, 2.24) is 14.9 Å². The van der Waals surface area contributed by atoms with Gasteiger partial charge in [0, 0.05) is 13.1 Å². The summed E-state index contributed by atoms with van der Waals surface area (Å²) in [5.74, 6) is -0.0345.